The number of nitrogens with one attached hydrogen (secondary N) is 1. The molecule has 2 aromatic heterocycles. The second-order valence-electron chi connectivity index (χ2n) is 4.98. The zero-order valence-corrected chi connectivity index (χ0v) is 14.7. The maximum atomic E-state index is 12.4. The number of ether oxygens (including phenoxy) is 1. The molecule has 0 aromatic carbocycles. The first-order valence-corrected chi connectivity index (χ1v) is 7.85. The van der Waals surface area contributed by atoms with Crippen LogP contribution >= 0.6 is 15.9 Å². The van der Waals surface area contributed by atoms with E-state index in [2.05, 4.69) is 31.4 Å². The third kappa shape index (κ3) is 3.56. The Labute approximate surface area is 137 Å². The van der Waals surface area contributed by atoms with Crippen LogP contribution in [0.15, 0.2) is 16.9 Å². The molecule has 0 saturated heterocycles. The average molecular weight is 370 g/mol. The molecule has 120 valence electrons. The molecular weight excluding hydrogens is 350 g/mol. The molecule has 2 rings (SSSR count). The number of rotatable bonds is 6. The molecule has 1 N–H and O–H groups in total. The van der Waals surface area contributed by atoms with Gasteiger partial charge in [-0.1, -0.05) is 0 Å². The average Bonchev–Trinajstić information content (AvgIpc) is 3.04. The minimum absolute atomic E-state index is 0.144. The van der Waals surface area contributed by atoms with Crippen molar-refractivity contribution in [3.63, 3.8) is 0 Å². The van der Waals surface area contributed by atoms with Crippen molar-refractivity contribution in [3.05, 3.63) is 28.3 Å². The molecule has 2 heterocycles. The van der Waals surface area contributed by atoms with Crippen LogP contribution in [0.1, 0.15) is 31.3 Å². The lowest BCUT2D eigenvalue weighted by Gasteiger charge is -2.13. The van der Waals surface area contributed by atoms with Crippen LogP contribution in [-0.2, 0) is 16.3 Å². The van der Waals surface area contributed by atoms with Crippen LogP contribution in [0.2, 0.25) is 0 Å². The van der Waals surface area contributed by atoms with E-state index in [-0.39, 0.29) is 5.91 Å². The summed E-state index contributed by atoms with van der Waals surface area (Å²) in [7, 11) is 0. The highest BCUT2D eigenvalue weighted by atomic mass is 79.9. The highest BCUT2D eigenvalue weighted by Gasteiger charge is 2.20. The number of halogens is 1. The molecule has 1 unspecified atom stereocenters. The van der Waals surface area contributed by atoms with Crippen molar-refractivity contribution in [2.24, 2.45) is 0 Å². The van der Waals surface area contributed by atoms with Crippen LogP contribution in [-0.4, -0.2) is 32.1 Å². The van der Waals surface area contributed by atoms with Crippen molar-refractivity contribution in [3.8, 4) is 0 Å². The summed E-state index contributed by atoms with van der Waals surface area (Å²) >= 11 is 3.47. The van der Waals surface area contributed by atoms with Crippen LogP contribution in [0.25, 0.3) is 0 Å². The number of carbonyl (C=O) groups excluding carboxylic acids is 1. The Morgan fingerprint density at radius 2 is 2.23 bits per heavy atom. The van der Waals surface area contributed by atoms with E-state index in [1.54, 1.807) is 21.8 Å². The molecule has 8 heteroatoms. The summed E-state index contributed by atoms with van der Waals surface area (Å²) in [6, 6.07) is -0.416. The molecule has 0 saturated carbocycles. The quantitative estimate of drug-likeness (QED) is 0.849. The molecule has 7 nitrogen and oxygen atoms in total. The van der Waals surface area contributed by atoms with Gasteiger partial charge in [-0.15, -0.1) is 0 Å². The number of anilines is 1. The Balaban J connectivity index is 2.05. The van der Waals surface area contributed by atoms with Gasteiger partial charge in [0, 0.05) is 6.61 Å². The molecule has 0 aliphatic carbocycles. The molecule has 1 amide bonds. The Bertz CT molecular complexity index is 664. The maximum Gasteiger partial charge on any atom is 0.249 e. The topological polar surface area (TPSA) is 74.0 Å². The Hall–Kier alpha value is -1.67. The standard InChI is InChI=1S/C14H20BrN5O2/c1-5-22-8-19-7-12(6-16-19)17-14(21)11(4)20-10(3)13(15)9(2)18-20/h6-7,11H,5,8H2,1-4H3,(H,17,21). The number of aryl methyl sites for hydroxylation is 1. The Morgan fingerprint density at radius 3 is 2.82 bits per heavy atom. The molecule has 2 aromatic rings. The Morgan fingerprint density at radius 1 is 1.50 bits per heavy atom. The molecule has 0 fully saturated rings. The van der Waals surface area contributed by atoms with E-state index in [1.807, 2.05) is 27.7 Å². The van der Waals surface area contributed by atoms with Gasteiger partial charge in [-0.05, 0) is 43.6 Å². The number of aromatic nitrogens is 4. The second-order valence-corrected chi connectivity index (χ2v) is 5.78. The molecule has 0 aliphatic heterocycles. The van der Waals surface area contributed by atoms with Gasteiger partial charge in [0.2, 0.25) is 5.91 Å². The molecule has 0 radical (unpaired) electrons. The fourth-order valence-corrected chi connectivity index (χ4v) is 2.32. The van der Waals surface area contributed by atoms with Crippen LogP contribution in [0.5, 0.6) is 0 Å². The highest BCUT2D eigenvalue weighted by molar-refractivity contribution is 9.10. The van der Waals surface area contributed by atoms with Gasteiger partial charge in [0.05, 0.1) is 33.9 Å². The normalized spacial score (nSPS) is 12.4. The number of amides is 1. The van der Waals surface area contributed by atoms with Gasteiger partial charge in [0.1, 0.15) is 12.8 Å². The molecule has 1 atom stereocenters. The van der Waals surface area contributed by atoms with Gasteiger partial charge in [-0.2, -0.15) is 10.2 Å². The predicted octanol–water partition coefficient (Wildman–Crippen LogP) is 2.65. The van der Waals surface area contributed by atoms with Crippen LogP contribution in [0.4, 0.5) is 5.69 Å². The van der Waals surface area contributed by atoms with Crippen molar-refractivity contribution < 1.29 is 9.53 Å². The second kappa shape index (κ2) is 7.06. The largest absolute Gasteiger partial charge is 0.360 e. The van der Waals surface area contributed by atoms with E-state index in [0.29, 0.717) is 19.0 Å². The first-order chi connectivity index (χ1) is 10.4. The molecule has 0 spiro atoms. The van der Waals surface area contributed by atoms with E-state index in [0.717, 1.165) is 15.9 Å². The molecule has 0 aliphatic rings. The molecular formula is C14H20BrN5O2. The van der Waals surface area contributed by atoms with Gasteiger partial charge in [-0.3, -0.25) is 9.48 Å². The molecule has 0 bridgehead atoms. The lowest BCUT2D eigenvalue weighted by atomic mass is 10.3. The third-order valence-electron chi connectivity index (χ3n) is 3.31. The monoisotopic (exact) mass is 369 g/mol. The summed E-state index contributed by atoms with van der Waals surface area (Å²) in [4.78, 5) is 12.4. The van der Waals surface area contributed by atoms with E-state index < -0.39 is 6.04 Å². The van der Waals surface area contributed by atoms with E-state index >= 15 is 0 Å². The van der Waals surface area contributed by atoms with Gasteiger partial charge in [0.25, 0.3) is 0 Å². The van der Waals surface area contributed by atoms with E-state index in [1.165, 1.54) is 0 Å². The van der Waals surface area contributed by atoms with Crippen LogP contribution in [0, 0.1) is 13.8 Å². The van der Waals surface area contributed by atoms with E-state index in [4.69, 9.17) is 4.74 Å². The number of carbonyl (C=O) groups is 1. The summed E-state index contributed by atoms with van der Waals surface area (Å²) in [5.74, 6) is -0.144. The lowest BCUT2D eigenvalue weighted by molar-refractivity contribution is -0.119. The summed E-state index contributed by atoms with van der Waals surface area (Å²) in [6.45, 7) is 8.54. The first kappa shape index (κ1) is 16.7. The van der Waals surface area contributed by atoms with Gasteiger partial charge in [-0.25, -0.2) is 4.68 Å². The minimum Gasteiger partial charge on any atom is -0.360 e. The highest BCUT2D eigenvalue weighted by Crippen LogP contribution is 2.23. The zero-order valence-electron chi connectivity index (χ0n) is 13.1. The molecule has 22 heavy (non-hydrogen) atoms. The summed E-state index contributed by atoms with van der Waals surface area (Å²) in [5, 5.41) is 11.3. The number of hydrogen-bond acceptors (Lipinski definition) is 4. The number of hydrogen-bond donors (Lipinski definition) is 1. The van der Waals surface area contributed by atoms with Gasteiger partial charge >= 0.3 is 0 Å². The van der Waals surface area contributed by atoms with Crippen molar-refractivity contribution in [1.29, 1.82) is 0 Å². The maximum absolute atomic E-state index is 12.4. The zero-order chi connectivity index (χ0) is 16.3. The van der Waals surface area contributed by atoms with Crippen molar-refractivity contribution in [1.82, 2.24) is 19.6 Å². The van der Waals surface area contributed by atoms with Crippen molar-refractivity contribution >= 4 is 27.5 Å². The Kier molecular flexibility index (Phi) is 5.36. The summed E-state index contributed by atoms with van der Waals surface area (Å²) in [5.41, 5.74) is 2.42. The van der Waals surface area contributed by atoms with Crippen LogP contribution in [0.3, 0.4) is 0 Å². The minimum atomic E-state index is -0.416. The van der Waals surface area contributed by atoms with E-state index in [9.17, 15) is 4.79 Å². The number of nitrogens with zero attached hydrogens (tertiary/aromatic N) is 4. The first-order valence-electron chi connectivity index (χ1n) is 7.06. The predicted molar refractivity (Wildman–Crippen MR) is 86.6 cm³/mol. The fourth-order valence-electron chi connectivity index (χ4n) is 2.06. The van der Waals surface area contributed by atoms with Gasteiger partial charge < -0.3 is 10.1 Å². The third-order valence-corrected chi connectivity index (χ3v) is 4.46. The smallest absolute Gasteiger partial charge is 0.249 e. The van der Waals surface area contributed by atoms with Crippen molar-refractivity contribution in [2.75, 3.05) is 11.9 Å². The van der Waals surface area contributed by atoms with Crippen molar-refractivity contribution in [2.45, 2.75) is 40.5 Å². The van der Waals surface area contributed by atoms with Gasteiger partial charge in [0.15, 0.2) is 0 Å². The van der Waals surface area contributed by atoms with Crippen LogP contribution < -0.4 is 5.32 Å². The SMILES string of the molecule is CCOCn1cc(NC(=O)C(C)n2nc(C)c(Br)c2C)cn1. The summed E-state index contributed by atoms with van der Waals surface area (Å²) < 4.78 is 9.52. The fraction of sp³-hybridized carbons (Fsp3) is 0.500. The summed E-state index contributed by atoms with van der Waals surface area (Å²) in [6.07, 6.45) is 3.33. The lowest BCUT2D eigenvalue weighted by Crippen LogP contribution is -2.25.